The van der Waals surface area contributed by atoms with Gasteiger partial charge in [0.05, 0.1) is 9.37 Å². The van der Waals surface area contributed by atoms with E-state index in [0.717, 1.165) is 5.56 Å². The molecule has 112 valence electrons. The van der Waals surface area contributed by atoms with Gasteiger partial charge in [0.1, 0.15) is 12.4 Å². The van der Waals surface area contributed by atoms with Crippen LogP contribution in [0.25, 0.3) is 0 Å². The van der Waals surface area contributed by atoms with Gasteiger partial charge in [-0.15, -0.1) is 0 Å². The van der Waals surface area contributed by atoms with Crippen LogP contribution in [0.4, 0.5) is 0 Å². The van der Waals surface area contributed by atoms with Gasteiger partial charge < -0.3 is 4.74 Å². The first-order chi connectivity index (χ1) is 9.75. The van der Waals surface area contributed by atoms with Crippen molar-refractivity contribution in [1.29, 1.82) is 0 Å². The Kier molecular flexibility index (Phi) is 4.70. The van der Waals surface area contributed by atoms with Gasteiger partial charge in [-0.2, -0.15) is 0 Å². The van der Waals surface area contributed by atoms with E-state index in [1.807, 2.05) is 13.8 Å². The molecule has 0 aromatic heterocycles. The van der Waals surface area contributed by atoms with Crippen molar-refractivity contribution in [3.8, 4) is 5.75 Å². The summed E-state index contributed by atoms with van der Waals surface area (Å²) in [6.07, 6.45) is 0. The Labute approximate surface area is 133 Å². The summed E-state index contributed by atoms with van der Waals surface area (Å²) in [6.45, 7) is 4.48. The quantitative estimate of drug-likeness (QED) is 0.898. The number of hydrogen-bond donors (Lipinski definition) is 1. The average molecular weight is 370 g/mol. The van der Waals surface area contributed by atoms with Gasteiger partial charge in [0, 0.05) is 0 Å². The zero-order valence-corrected chi connectivity index (χ0v) is 14.2. The van der Waals surface area contributed by atoms with Crippen LogP contribution >= 0.6 is 15.9 Å². The van der Waals surface area contributed by atoms with Crippen LogP contribution < -0.4 is 9.88 Å². The lowest BCUT2D eigenvalue weighted by Gasteiger charge is -2.10. The molecule has 2 rings (SSSR count). The number of nitrogens with two attached hydrogens (primary N) is 1. The van der Waals surface area contributed by atoms with E-state index in [1.54, 1.807) is 6.07 Å². The molecule has 2 N–H and O–H groups in total. The third-order valence-electron chi connectivity index (χ3n) is 2.91. The first-order valence-corrected chi connectivity index (χ1v) is 8.62. The van der Waals surface area contributed by atoms with Crippen LogP contribution in [0, 0.1) is 13.8 Å². The summed E-state index contributed by atoms with van der Waals surface area (Å²) in [6, 6.07) is 10.7. The van der Waals surface area contributed by atoms with E-state index in [0.29, 0.717) is 16.8 Å². The highest BCUT2D eigenvalue weighted by Crippen LogP contribution is 2.28. The Bertz CT molecular complexity index is 752. The van der Waals surface area contributed by atoms with E-state index in [2.05, 4.69) is 34.1 Å². The molecule has 0 saturated heterocycles. The molecule has 0 amide bonds. The summed E-state index contributed by atoms with van der Waals surface area (Å²) in [7, 11) is -3.71. The Morgan fingerprint density at radius 2 is 1.71 bits per heavy atom. The maximum atomic E-state index is 11.3. The second kappa shape index (κ2) is 6.17. The van der Waals surface area contributed by atoms with E-state index in [1.165, 1.54) is 23.3 Å². The normalized spacial score (nSPS) is 11.4. The van der Waals surface area contributed by atoms with Crippen molar-refractivity contribution in [2.24, 2.45) is 5.14 Å². The van der Waals surface area contributed by atoms with Crippen molar-refractivity contribution in [3.05, 3.63) is 57.6 Å². The molecule has 2 aromatic rings. The molecule has 0 saturated carbocycles. The number of halogens is 1. The molecule has 0 heterocycles. The minimum absolute atomic E-state index is 0.0492. The van der Waals surface area contributed by atoms with Crippen LogP contribution in [-0.4, -0.2) is 8.42 Å². The molecular weight excluding hydrogens is 354 g/mol. The smallest absolute Gasteiger partial charge is 0.238 e. The molecule has 0 spiro atoms. The summed E-state index contributed by atoms with van der Waals surface area (Å²) < 4.78 is 28.8. The lowest BCUT2D eigenvalue weighted by molar-refractivity contribution is 0.304. The van der Waals surface area contributed by atoms with Crippen molar-refractivity contribution in [3.63, 3.8) is 0 Å². The molecule has 2 aromatic carbocycles. The van der Waals surface area contributed by atoms with Gasteiger partial charge in [0.25, 0.3) is 0 Å². The predicted molar refractivity (Wildman–Crippen MR) is 85.8 cm³/mol. The molecule has 0 aliphatic rings. The topological polar surface area (TPSA) is 69.4 Å². The van der Waals surface area contributed by atoms with Crippen LogP contribution in [-0.2, 0) is 16.6 Å². The molecule has 6 heteroatoms. The number of rotatable bonds is 4. The minimum atomic E-state index is -3.71. The molecule has 0 aliphatic heterocycles. The molecule has 0 bridgehead atoms. The van der Waals surface area contributed by atoms with Crippen molar-refractivity contribution in [2.75, 3.05) is 0 Å². The molecule has 4 nitrogen and oxygen atoms in total. The van der Waals surface area contributed by atoms with Gasteiger partial charge in [-0.05, 0) is 53.5 Å². The third kappa shape index (κ3) is 4.30. The number of benzene rings is 2. The summed E-state index contributed by atoms with van der Waals surface area (Å²) in [4.78, 5) is 0.0492. The first kappa shape index (κ1) is 16.0. The molecule has 0 unspecified atom stereocenters. The maximum Gasteiger partial charge on any atom is 0.238 e. The highest BCUT2D eigenvalue weighted by atomic mass is 79.9. The number of primary sulfonamides is 1. The van der Waals surface area contributed by atoms with Gasteiger partial charge >= 0.3 is 0 Å². The van der Waals surface area contributed by atoms with Gasteiger partial charge in [0.2, 0.25) is 10.0 Å². The first-order valence-electron chi connectivity index (χ1n) is 6.28. The second-order valence-corrected chi connectivity index (χ2v) is 7.34. The van der Waals surface area contributed by atoms with Gasteiger partial charge in [-0.1, -0.05) is 29.3 Å². The molecule has 0 fully saturated rings. The highest BCUT2D eigenvalue weighted by Gasteiger charge is 2.11. The van der Waals surface area contributed by atoms with Crippen LogP contribution in [0.3, 0.4) is 0 Å². The molecule has 0 radical (unpaired) electrons. The van der Waals surface area contributed by atoms with E-state index in [4.69, 9.17) is 9.88 Å². The molecular formula is C15H16BrNO3S. The lowest BCUT2D eigenvalue weighted by atomic mass is 10.1. The van der Waals surface area contributed by atoms with Crippen molar-refractivity contribution >= 4 is 26.0 Å². The Morgan fingerprint density at radius 1 is 1.10 bits per heavy atom. The SMILES string of the molecule is Cc1cc(C)cc(COc2ccc(S(N)(=O)=O)cc2Br)c1. The lowest BCUT2D eigenvalue weighted by Crippen LogP contribution is -2.12. The zero-order chi connectivity index (χ0) is 15.6. The third-order valence-corrected chi connectivity index (χ3v) is 4.44. The number of aryl methyl sites for hydroxylation is 2. The molecule has 0 atom stereocenters. The Balaban J connectivity index is 2.17. The van der Waals surface area contributed by atoms with Gasteiger partial charge in [0.15, 0.2) is 0 Å². The summed E-state index contributed by atoms with van der Waals surface area (Å²) in [5.41, 5.74) is 3.42. The van der Waals surface area contributed by atoms with Crippen molar-refractivity contribution in [2.45, 2.75) is 25.3 Å². The Hall–Kier alpha value is -1.37. The maximum absolute atomic E-state index is 11.3. The van der Waals surface area contributed by atoms with Gasteiger partial charge in [-0.25, -0.2) is 13.6 Å². The van der Waals surface area contributed by atoms with Crippen LogP contribution in [0.2, 0.25) is 0 Å². The fourth-order valence-electron chi connectivity index (χ4n) is 2.09. The van der Waals surface area contributed by atoms with Crippen LogP contribution in [0.15, 0.2) is 45.8 Å². The van der Waals surface area contributed by atoms with Crippen molar-refractivity contribution < 1.29 is 13.2 Å². The number of hydrogen-bond acceptors (Lipinski definition) is 3. The van der Waals surface area contributed by atoms with Gasteiger partial charge in [-0.3, -0.25) is 0 Å². The second-order valence-electron chi connectivity index (χ2n) is 4.92. The monoisotopic (exact) mass is 369 g/mol. The fraction of sp³-hybridized carbons (Fsp3) is 0.200. The largest absolute Gasteiger partial charge is 0.488 e. The molecule has 21 heavy (non-hydrogen) atoms. The highest BCUT2D eigenvalue weighted by molar-refractivity contribution is 9.10. The van der Waals surface area contributed by atoms with Crippen LogP contribution in [0.5, 0.6) is 5.75 Å². The standard InChI is InChI=1S/C15H16BrNO3S/c1-10-5-11(2)7-12(6-10)9-20-15-4-3-13(8-14(15)16)21(17,18)19/h3-8H,9H2,1-2H3,(H2,17,18,19). The number of sulfonamides is 1. The summed E-state index contributed by atoms with van der Waals surface area (Å²) in [5.74, 6) is 0.571. The Morgan fingerprint density at radius 3 is 2.24 bits per heavy atom. The van der Waals surface area contributed by atoms with Crippen LogP contribution in [0.1, 0.15) is 16.7 Å². The fourth-order valence-corrected chi connectivity index (χ4v) is 3.27. The average Bonchev–Trinajstić information content (AvgIpc) is 2.35. The molecule has 0 aliphatic carbocycles. The minimum Gasteiger partial charge on any atom is -0.488 e. The summed E-state index contributed by atoms with van der Waals surface area (Å²) in [5, 5.41) is 5.08. The zero-order valence-electron chi connectivity index (χ0n) is 11.8. The summed E-state index contributed by atoms with van der Waals surface area (Å²) >= 11 is 3.30. The van der Waals surface area contributed by atoms with E-state index in [-0.39, 0.29) is 4.90 Å². The van der Waals surface area contributed by atoms with Crippen molar-refractivity contribution in [1.82, 2.24) is 0 Å². The number of ether oxygens (including phenoxy) is 1. The van der Waals surface area contributed by atoms with E-state index in [9.17, 15) is 8.42 Å². The van der Waals surface area contributed by atoms with E-state index < -0.39 is 10.0 Å². The van der Waals surface area contributed by atoms with E-state index >= 15 is 0 Å². The predicted octanol–water partition coefficient (Wildman–Crippen LogP) is 3.29.